The van der Waals surface area contributed by atoms with Gasteiger partial charge in [0, 0.05) is 0 Å². The monoisotopic (exact) mass is 222 g/mol. The third-order valence-electron chi connectivity index (χ3n) is 1.03. The van der Waals surface area contributed by atoms with Crippen LogP contribution in [0.4, 0.5) is 0 Å². The van der Waals surface area contributed by atoms with E-state index in [1.165, 1.54) is 0 Å². The molecule has 0 N–H and O–H groups in total. The van der Waals surface area contributed by atoms with Gasteiger partial charge >= 0.3 is 0 Å². The molecule has 0 aromatic rings. The van der Waals surface area contributed by atoms with Gasteiger partial charge in [-0.3, -0.25) is 0 Å². The van der Waals surface area contributed by atoms with Gasteiger partial charge in [-0.1, -0.05) is 48.7 Å². The lowest BCUT2D eigenvalue weighted by Crippen LogP contribution is -2.21. The molecule has 0 fully saturated rings. The minimum absolute atomic E-state index is 0.391. The first-order chi connectivity index (χ1) is 4.34. The van der Waals surface area contributed by atoms with Gasteiger partial charge < -0.3 is 0 Å². The second-order valence-electron chi connectivity index (χ2n) is 2.64. The highest BCUT2D eigenvalue weighted by Crippen LogP contribution is 2.36. The van der Waals surface area contributed by atoms with E-state index in [1.54, 1.807) is 0 Å². The molecule has 0 amide bonds. The van der Waals surface area contributed by atoms with Crippen molar-refractivity contribution in [1.82, 2.24) is 0 Å². The van der Waals surface area contributed by atoms with Crippen LogP contribution in [0.2, 0.25) is 0 Å². The summed E-state index contributed by atoms with van der Waals surface area (Å²) in [6, 6.07) is 0. The third-order valence-corrected chi connectivity index (χ3v) is 2.66. The maximum atomic E-state index is 5.76. The van der Waals surface area contributed by atoms with Crippen molar-refractivity contribution in [1.29, 1.82) is 0 Å². The molecule has 0 aliphatic rings. The second kappa shape index (κ2) is 4.25. The quantitative estimate of drug-likeness (QED) is 0.621. The fraction of sp³-hybridized carbons (Fsp3) is 1.00. The predicted octanol–water partition coefficient (Wildman–Crippen LogP) is 4.01. The van der Waals surface area contributed by atoms with Gasteiger partial charge in [0.2, 0.25) is 3.79 Å². The van der Waals surface area contributed by atoms with E-state index in [4.69, 9.17) is 46.4 Å². The molecule has 0 saturated heterocycles. The molecule has 0 aromatic carbocycles. The molecule has 1 atom stereocenters. The molecule has 0 aliphatic heterocycles. The molecule has 0 saturated carbocycles. The summed E-state index contributed by atoms with van der Waals surface area (Å²) in [6.45, 7) is 4.07. The Bertz CT molecular complexity index is 94.4. The summed E-state index contributed by atoms with van der Waals surface area (Å²) in [7, 11) is 0. The van der Waals surface area contributed by atoms with Crippen molar-refractivity contribution in [3.05, 3.63) is 0 Å². The van der Waals surface area contributed by atoms with Crippen LogP contribution in [0.25, 0.3) is 0 Å². The minimum atomic E-state index is -1.33. The molecule has 0 radical (unpaired) electrons. The number of rotatable bonds is 2. The van der Waals surface area contributed by atoms with Crippen LogP contribution in [-0.2, 0) is 0 Å². The molecule has 1 unspecified atom stereocenters. The Kier molecular flexibility index (Phi) is 4.74. The van der Waals surface area contributed by atoms with Crippen molar-refractivity contribution in [2.45, 2.75) is 29.4 Å². The first-order valence-electron chi connectivity index (χ1n) is 3.05. The molecular weight excluding hydrogens is 214 g/mol. The van der Waals surface area contributed by atoms with E-state index >= 15 is 0 Å². The van der Waals surface area contributed by atoms with Gasteiger partial charge in [-0.15, -0.1) is 11.6 Å². The lowest BCUT2D eigenvalue weighted by atomic mass is 10.1. The fourth-order valence-corrected chi connectivity index (χ4v) is 1.17. The Labute approximate surface area is 81.8 Å². The average Bonchev–Trinajstić information content (AvgIpc) is 1.60. The van der Waals surface area contributed by atoms with E-state index in [0.717, 1.165) is 6.42 Å². The van der Waals surface area contributed by atoms with Crippen LogP contribution in [0.15, 0.2) is 0 Å². The SMILES string of the molecule is CC(C)CC(Cl)C(Cl)(Cl)Cl. The van der Waals surface area contributed by atoms with Crippen LogP contribution in [0.3, 0.4) is 0 Å². The summed E-state index contributed by atoms with van der Waals surface area (Å²) >= 11 is 22.3. The average molecular weight is 224 g/mol. The van der Waals surface area contributed by atoms with Gasteiger partial charge in [0.1, 0.15) is 0 Å². The number of hydrogen-bond acceptors (Lipinski definition) is 0. The first kappa shape index (κ1) is 11.2. The Hall–Kier alpha value is 1.16. The van der Waals surface area contributed by atoms with Gasteiger partial charge in [0.05, 0.1) is 5.38 Å². The van der Waals surface area contributed by atoms with Gasteiger partial charge in [-0.05, 0) is 12.3 Å². The minimum Gasteiger partial charge on any atom is -0.118 e. The highest BCUT2D eigenvalue weighted by Gasteiger charge is 2.30. The van der Waals surface area contributed by atoms with Crippen molar-refractivity contribution >= 4 is 46.4 Å². The van der Waals surface area contributed by atoms with Gasteiger partial charge in [0.25, 0.3) is 0 Å². The van der Waals surface area contributed by atoms with Crippen LogP contribution >= 0.6 is 46.4 Å². The highest BCUT2D eigenvalue weighted by atomic mass is 35.6. The molecular formula is C6H10Cl4. The Morgan fingerprint density at radius 1 is 1.20 bits per heavy atom. The predicted molar refractivity (Wildman–Crippen MR) is 49.4 cm³/mol. The van der Waals surface area contributed by atoms with E-state index in [-0.39, 0.29) is 0 Å². The molecule has 62 valence electrons. The van der Waals surface area contributed by atoms with Crippen molar-refractivity contribution in [3.63, 3.8) is 0 Å². The molecule has 0 aliphatic carbocycles. The van der Waals surface area contributed by atoms with Crippen molar-refractivity contribution < 1.29 is 0 Å². The van der Waals surface area contributed by atoms with Crippen LogP contribution in [0.1, 0.15) is 20.3 Å². The number of halogens is 4. The van der Waals surface area contributed by atoms with Crippen LogP contribution in [0.5, 0.6) is 0 Å². The van der Waals surface area contributed by atoms with Crippen LogP contribution in [-0.4, -0.2) is 9.17 Å². The van der Waals surface area contributed by atoms with Crippen molar-refractivity contribution in [3.8, 4) is 0 Å². The zero-order valence-electron chi connectivity index (χ0n) is 5.87. The van der Waals surface area contributed by atoms with Gasteiger partial charge in [-0.25, -0.2) is 0 Å². The number of alkyl halides is 4. The summed E-state index contributed by atoms with van der Waals surface area (Å²) in [4.78, 5) is 0. The molecule has 0 rings (SSSR count). The largest absolute Gasteiger partial charge is 0.206 e. The lowest BCUT2D eigenvalue weighted by Gasteiger charge is -2.19. The Morgan fingerprint density at radius 2 is 1.60 bits per heavy atom. The standard InChI is InChI=1S/C6H10Cl4/c1-4(2)3-5(7)6(8,9)10/h4-5H,3H2,1-2H3. The van der Waals surface area contributed by atoms with Gasteiger partial charge in [-0.2, -0.15) is 0 Å². The Morgan fingerprint density at radius 3 is 1.70 bits per heavy atom. The highest BCUT2D eigenvalue weighted by molar-refractivity contribution is 6.70. The maximum Gasteiger partial charge on any atom is 0.206 e. The van der Waals surface area contributed by atoms with E-state index in [0.29, 0.717) is 5.92 Å². The zero-order valence-corrected chi connectivity index (χ0v) is 8.90. The zero-order chi connectivity index (χ0) is 8.36. The van der Waals surface area contributed by atoms with Gasteiger partial charge in [0.15, 0.2) is 0 Å². The summed E-state index contributed by atoms with van der Waals surface area (Å²) in [6.07, 6.45) is 0.720. The van der Waals surface area contributed by atoms with E-state index < -0.39 is 9.17 Å². The first-order valence-corrected chi connectivity index (χ1v) is 4.62. The van der Waals surface area contributed by atoms with Crippen molar-refractivity contribution in [2.24, 2.45) is 5.92 Å². The van der Waals surface area contributed by atoms with Crippen LogP contribution < -0.4 is 0 Å². The maximum absolute atomic E-state index is 5.76. The summed E-state index contributed by atoms with van der Waals surface area (Å²) in [5, 5.41) is -0.391. The molecule has 10 heavy (non-hydrogen) atoms. The Balaban J connectivity index is 3.73. The number of hydrogen-bond donors (Lipinski definition) is 0. The molecule has 4 heteroatoms. The van der Waals surface area contributed by atoms with Crippen LogP contribution in [0, 0.1) is 5.92 Å². The van der Waals surface area contributed by atoms with E-state index in [2.05, 4.69) is 0 Å². The molecule has 0 heterocycles. The fourth-order valence-electron chi connectivity index (χ4n) is 0.548. The smallest absolute Gasteiger partial charge is 0.118 e. The molecule has 0 nitrogen and oxygen atoms in total. The topological polar surface area (TPSA) is 0 Å². The summed E-state index contributed by atoms with van der Waals surface area (Å²) in [5.74, 6) is 0.457. The lowest BCUT2D eigenvalue weighted by molar-refractivity contribution is 0.567. The summed E-state index contributed by atoms with van der Waals surface area (Å²) < 4.78 is -1.33. The van der Waals surface area contributed by atoms with E-state index in [9.17, 15) is 0 Å². The normalized spacial score (nSPS) is 15.9. The van der Waals surface area contributed by atoms with E-state index in [1.807, 2.05) is 13.8 Å². The third kappa shape index (κ3) is 4.90. The molecule has 0 bridgehead atoms. The second-order valence-corrected chi connectivity index (χ2v) is 5.53. The van der Waals surface area contributed by atoms with Crippen molar-refractivity contribution in [2.75, 3.05) is 0 Å². The summed E-state index contributed by atoms with van der Waals surface area (Å²) in [5.41, 5.74) is 0. The molecule has 0 spiro atoms. The molecule has 0 aromatic heterocycles.